The molecule has 0 spiro atoms. The predicted molar refractivity (Wildman–Crippen MR) is 44.0 cm³/mol. The van der Waals surface area contributed by atoms with Gasteiger partial charge in [-0.15, -0.1) is 0 Å². The van der Waals surface area contributed by atoms with Gasteiger partial charge in [0.15, 0.2) is 11.8 Å². The van der Waals surface area contributed by atoms with Gasteiger partial charge in [0.2, 0.25) is 0 Å². The summed E-state index contributed by atoms with van der Waals surface area (Å²) in [7, 11) is 0. The molecule has 2 rings (SSSR count). The molecule has 0 aliphatic heterocycles. The molecule has 6 heteroatoms. The Kier molecular flexibility index (Phi) is 2.12. The van der Waals surface area contributed by atoms with Crippen LogP contribution in [0.1, 0.15) is 11.8 Å². The van der Waals surface area contributed by atoms with Gasteiger partial charge >= 0.3 is 0 Å². The number of halogens is 2. The van der Waals surface area contributed by atoms with Crippen LogP contribution in [0.15, 0.2) is 24.8 Å². The minimum Gasteiger partial charge on any atom is -0.381 e. The number of imidazole rings is 1. The Balaban J connectivity index is 2.53. The average molecular weight is 199 g/mol. The largest absolute Gasteiger partial charge is 0.381 e. The van der Waals surface area contributed by atoms with E-state index in [-0.39, 0.29) is 5.69 Å². The molecular weight excluding hydrogens is 192 g/mol. The number of nitrogens with zero attached hydrogens (tertiary/aromatic N) is 3. The predicted octanol–water partition coefficient (Wildman–Crippen LogP) is 1.03. The van der Waals surface area contributed by atoms with E-state index in [0.717, 1.165) is 0 Å². The third-order valence-electron chi connectivity index (χ3n) is 1.89. The number of aliphatic hydroxyl groups excluding tert-OH is 1. The molecule has 0 aliphatic carbocycles. The Hall–Kier alpha value is -1.56. The van der Waals surface area contributed by atoms with Gasteiger partial charge in [-0.2, -0.15) is 0 Å². The number of hydrogen-bond donors (Lipinski definition) is 1. The van der Waals surface area contributed by atoms with Crippen LogP contribution in [-0.4, -0.2) is 25.9 Å². The fourth-order valence-corrected chi connectivity index (χ4v) is 1.21. The van der Waals surface area contributed by atoms with Crippen molar-refractivity contribution in [3.05, 3.63) is 30.5 Å². The van der Waals surface area contributed by atoms with Crippen LogP contribution in [0.25, 0.3) is 5.65 Å². The van der Waals surface area contributed by atoms with Gasteiger partial charge in [-0.05, 0) is 0 Å². The van der Waals surface area contributed by atoms with Crippen molar-refractivity contribution in [3.63, 3.8) is 0 Å². The van der Waals surface area contributed by atoms with Gasteiger partial charge in [0.25, 0.3) is 6.43 Å². The summed E-state index contributed by atoms with van der Waals surface area (Å²) in [5, 5.41) is 9.15. The van der Waals surface area contributed by atoms with Crippen molar-refractivity contribution in [1.82, 2.24) is 14.4 Å². The van der Waals surface area contributed by atoms with E-state index in [1.807, 2.05) is 0 Å². The van der Waals surface area contributed by atoms with Crippen molar-refractivity contribution >= 4 is 5.65 Å². The monoisotopic (exact) mass is 199 g/mol. The highest BCUT2D eigenvalue weighted by atomic mass is 19.3. The molecule has 0 radical (unpaired) electrons. The molecular formula is C8H7F2N3O. The van der Waals surface area contributed by atoms with E-state index in [9.17, 15) is 8.78 Å². The number of aromatic nitrogens is 3. The van der Waals surface area contributed by atoms with E-state index in [0.29, 0.717) is 5.65 Å². The highest BCUT2D eigenvalue weighted by Crippen LogP contribution is 2.20. The zero-order chi connectivity index (χ0) is 10.1. The Labute approximate surface area is 77.8 Å². The lowest BCUT2D eigenvalue weighted by Gasteiger charge is -2.07. The summed E-state index contributed by atoms with van der Waals surface area (Å²) in [4.78, 5) is 7.61. The number of aliphatic hydroxyl groups is 1. The van der Waals surface area contributed by atoms with Crippen LogP contribution in [-0.2, 0) is 0 Å². The van der Waals surface area contributed by atoms with E-state index in [4.69, 9.17) is 5.11 Å². The molecule has 1 unspecified atom stereocenters. The van der Waals surface area contributed by atoms with Crippen LogP contribution in [0.3, 0.4) is 0 Å². The van der Waals surface area contributed by atoms with E-state index in [1.54, 1.807) is 0 Å². The molecule has 1 N–H and O–H groups in total. The number of alkyl halides is 2. The molecule has 0 saturated heterocycles. The van der Waals surface area contributed by atoms with Crippen molar-refractivity contribution in [2.24, 2.45) is 0 Å². The average Bonchev–Trinajstić information content (AvgIpc) is 2.60. The van der Waals surface area contributed by atoms with E-state index < -0.39 is 12.5 Å². The van der Waals surface area contributed by atoms with Crippen LogP contribution in [0.4, 0.5) is 8.78 Å². The summed E-state index contributed by atoms with van der Waals surface area (Å²) in [5.41, 5.74) is 0.500. The third kappa shape index (κ3) is 1.33. The summed E-state index contributed by atoms with van der Waals surface area (Å²) in [6, 6.07) is 0. The highest BCUT2D eigenvalue weighted by molar-refractivity contribution is 5.37. The molecule has 0 aromatic carbocycles. The first-order valence-electron chi connectivity index (χ1n) is 3.93. The molecule has 4 nitrogen and oxygen atoms in total. The topological polar surface area (TPSA) is 50.4 Å². The summed E-state index contributed by atoms with van der Waals surface area (Å²) in [6.45, 7) is 0. The fourth-order valence-electron chi connectivity index (χ4n) is 1.21. The molecule has 2 heterocycles. The molecule has 2 aromatic rings. The first kappa shape index (κ1) is 9.01. The van der Waals surface area contributed by atoms with E-state index in [1.165, 1.54) is 29.2 Å². The molecule has 74 valence electrons. The van der Waals surface area contributed by atoms with E-state index >= 15 is 0 Å². The second-order valence-electron chi connectivity index (χ2n) is 2.77. The maximum atomic E-state index is 12.2. The standard InChI is InChI=1S/C8H7F2N3O/c9-8(10)7(14)5-3-12-6-4-11-1-2-13(5)6/h1-4,7-8,14H. The van der Waals surface area contributed by atoms with Gasteiger partial charge in [0.1, 0.15) is 0 Å². The van der Waals surface area contributed by atoms with Crippen LogP contribution < -0.4 is 0 Å². The highest BCUT2D eigenvalue weighted by Gasteiger charge is 2.22. The quantitative estimate of drug-likeness (QED) is 0.785. The van der Waals surface area contributed by atoms with Crippen molar-refractivity contribution in [1.29, 1.82) is 0 Å². The number of hydrogen-bond acceptors (Lipinski definition) is 3. The van der Waals surface area contributed by atoms with Gasteiger partial charge in [-0.25, -0.2) is 13.8 Å². The van der Waals surface area contributed by atoms with Crippen LogP contribution in [0.5, 0.6) is 0 Å². The number of rotatable bonds is 2. The molecule has 0 saturated carbocycles. The zero-order valence-electron chi connectivity index (χ0n) is 7.01. The van der Waals surface area contributed by atoms with E-state index in [2.05, 4.69) is 9.97 Å². The summed E-state index contributed by atoms with van der Waals surface area (Å²) >= 11 is 0. The summed E-state index contributed by atoms with van der Waals surface area (Å²) in [5.74, 6) is 0. The van der Waals surface area contributed by atoms with Gasteiger partial charge in [-0.1, -0.05) is 0 Å². The molecule has 14 heavy (non-hydrogen) atoms. The molecule has 0 fully saturated rings. The Bertz CT molecular complexity index is 443. The lowest BCUT2D eigenvalue weighted by Crippen LogP contribution is -2.10. The normalized spacial score (nSPS) is 13.7. The third-order valence-corrected chi connectivity index (χ3v) is 1.89. The number of fused-ring (bicyclic) bond motifs is 1. The smallest absolute Gasteiger partial charge is 0.269 e. The zero-order valence-corrected chi connectivity index (χ0v) is 7.01. The van der Waals surface area contributed by atoms with Crippen molar-refractivity contribution in [3.8, 4) is 0 Å². The maximum absolute atomic E-state index is 12.2. The minimum absolute atomic E-state index is 0.0670. The van der Waals surface area contributed by atoms with Crippen LogP contribution >= 0.6 is 0 Å². The van der Waals surface area contributed by atoms with Gasteiger partial charge in [-0.3, -0.25) is 9.38 Å². The first-order chi connectivity index (χ1) is 6.70. The second-order valence-corrected chi connectivity index (χ2v) is 2.77. The SMILES string of the molecule is OC(c1cnc2cnccn12)C(F)F. The van der Waals surface area contributed by atoms with Gasteiger partial charge < -0.3 is 5.11 Å². The Morgan fingerprint density at radius 2 is 2.14 bits per heavy atom. The Morgan fingerprint density at radius 3 is 2.86 bits per heavy atom. The Morgan fingerprint density at radius 1 is 1.36 bits per heavy atom. The van der Waals surface area contributed by atoms with Crippen LogP contribution in [0, 0.1) is 0 Å². The van der Waals surface area contributed by atoms with Crippen molar-refractivity contribution in [2.75, 3.05) is 0 Å². The molecule has 2 aromatic heterocycles. The molecule has 0 amide bonds. The van der Waals surface area contributed by atoms with Crippen molar-refractivity contribution in [2.45, 2.75) is 12.5 Å². The van der Waals surface area contributed by atoms with Gasteiger partial charge in [0.05, 0.1) is 18.1 Å². The minimum atomic E-state index is -2.82. The fraction of sp³-hybridized carbons (Fsp3) is 0.250. The lowest BCUT2D eigenvalue weighted by molar-refractivity contribution is -0.00866. The summed E-state index contributed by atoms with van der Waals surface area (Å²) in [6.07, 6.45) is 0.935. The molecule has 0 bridgehead atoms. The molecule has 0 aliphatic rings. The first-order valence-corrected chi connectivity index (χ1v) is 3.93. The van der Waals surface area contributed by atoms with Crippen LogP contribution in [0.2, 0.25) is 0 Å². The van der Waals surface area contributed by atoms with Gasteiger partial charge in [0, 0.05) is 12.4 Å². The lowest BCUT2D eigenvalue weighted by atomic mass is 10.3. The molecule has 1 atom stereocenters. The summed E-state index contributed by atoms with van der Waals surface area (Å²) < 4.78 is 25.8. The maximum Gasteiger partial charge on any atom is 0.269 e. The van der Waals surface area contributed by atoms with Crippen molar-refractivity contribution < 1.29 is 13.9 Å². The second kappa shape index (κ2) is 3.30.